The van der Waals surface area contributed by atoms with Crippen LogP contribution in [0.1, 0.15) is 33.6 Å². The second kappa shape index (κ2) is 7.53. The second-order valence-electron chi connectivity index (χ2n) is 8.07. The lowest BCUT2D eigenvalue weighted by Crippen LogP contribution is -2.52. The highest BCUT2D eigenvalue weighted by Crippen LogP contribution is 2.28. The van der Waals surface area contributed by atoms with Crippen LogP contribution in [0.25, 0.3) is 11.0 Å². The van der Waals surface area contributed by atoms with Gasteiger partial charge >= 0.3 is 6.09 Å². The summed E-state index contributed by atoms with van der Waals surface area (Å²) in [6.45, 7) is 8.73. The van der Waals surface area contributed by atoms with E-state index in [9.17, 15) is 4.79 Å². The van der Waals surface area contributed by atoms with Crippen LogP contribution in [0.3, 0.4) is 0 Å². The maximum atomic E-state index is 11.0. The van der Waals surface area contributed by atoms with Crippen molar-refractivity contribution in [2.24, 2.45) is 11.1 Å². The zero-order chi connectivity index (χ0) is 18.7. The Morgan fingerprint density at radius 2 is 2.08 bits per heavy atom. The van der Waals surface area contributed by atoms with Crippen molar-refractivity contribution in [3.05, 3.63) is 24.3 Å². The highest BCUT2D eigenvalue weighted by Gasteiger charge is 2.34. The molecule has 2 heterocycles. The molecule has 142 valence electrons. The molecular formula is C19H29N5O2. The average Bonchev–Trinajstić information content (AvgIpc) is 2.97. The van der Waals surface area contributed by atoms with Gasteiger partial charge in [0.1, 0.15) is 6.61 Å². The van der Waals surface area contributed by atoms with Crippen LogP contribution in [0.15, 0.2) is 24.3 Å². The van der Waals surface area contributed by atoms with Crippen LogP contribution < -0.4 is 11.1 Å². The van der Waals surface area contributed by atoms with Gasteiger partial charge in [-0.05, 0) is 30.4 Å². The van der Waals surface area contributed by atoms with Gasteiger partial charge in [-0.1, -0.05) is 32.9 Å². The van der Waals surface area contributed by atoms with Crippen LogP contribution in [0.4, 0.5) is 10.7 Å². The molecule has 1 aliphatic rings. The molecule has 1 fully saturated rings. The van der Waals surface area contributed by atoms with Crippen LogP contribution in [-0.2, 0) is 4.74 Å². The Balaban J connectivity index is 1.57. The maximum absolute atomic E-state index is 11.0. The molecule has 26 heavy (non-hydrogen) atoms. The van der Waals surface area contributed by atoms with E-state index in [0.29, 0.717) is 12.6 Å². The van der Waals surface area contributed by atoms with Crippen molar-refractivity contribution in [1.82, 2.24) is 14.9 Å². The van der Waals surface area contributed by atoms with Gasteiger partial charge in [0.15, 0.2) is 0 Å². The highest BCUT2D eigenvalue weighted by atomic mass is 16.5. The Hall–Kier alpha value is -2.28. The van der Waals surface area contributed by atoms with Gasteiger partial charge in [0.2, 0.25) is 5.95 Å². The Bertz CT molecular complexity index is 711. The summed E-state index contributed by atoms with van der Waals surface area (Å²) in [6.07, 6.45) is 1.32. The van der Waals surface area contributed by atoms with Crippen molar-refractivity contribution >= 4 is 23.1 Å². The van der Waals surface area contributed by atoms with Gasteiger partial charge in [-0.3, -0.25) is 4.90 Å². The van der Waals surface area contributed by atoms with Gasteiger partial charge in [-0.2, -0.15) is 0 Å². The van der Waals surface area contributed by atoms with Gasteiger partial charge in [0.25, 0.3) is 0 Å². The number of H-pyrrole nitrogens is 1. The number of nitrogens with zero attached hydrogens (tertiary/aromatic N) is 2. The Kier molecular flexibility index (Phi) is 5.36. The van der Waals surface area contributed by atoms with E-state index in [4.69, 9.17) is 10.5 Å². The summed E-state index contributed by atoms with van der Waals surface area (Å²) < 4.78 is 5.11. The second-order valence-corrected chi connectivity index (χ2v) is 8.07. The lowest BCUT2D eigenvalue weighted by atomic mass is 9.85. The molecule has 1 aromatic heterocycles. The third-order valence-electron chi connectivity index (χ3n) is 5.08. The molecule has 1 atom stereocenters. The van der Waals surface area contributed by atoms with E-state index in [1.165, 1.54) is 0 Å². The molecule has 0 aliphatic carbocycles. The monoisotopic (exact) mass is 359 g/mol. The number of hydrogen-bond donors (Lipinski definition) is 3. The normalized spacial score (nSPS) is 18.0. The molecule has 7 heteroatoms. The SMILES string of the molecule is CC(C)(C)C(COC(N)=O)N1CCC(Nc2nc3ccccc3[nH]2)CC1. The minimum absolute atomic E-state index is 0.00838. The molecule has 0 saturated carbocycles. The summed E-state index contributed by atoms with van der Waals surface area (Å²) in [6, 6.07) is 8.57. The van der Waals surface area contributed by atoms with E-state index in [0.717, 1.165) is 42.9 Å². The zero-order valence-corrected chi connectivity index (χ0v) is 15.8. The van der Waals surface area contributed by atoms with Crippen LogP contribution in [0, 0.1) is 5.41 Å². The molecule has 7 nitrogen and oxygen atoms in total. The molecule has 0 radical (unpaired) electrons. The van der Waals surface area contributed by atoms with E-state index < -0.39 is 6.09 Å². The lowest BCUT2D eigenvalue weighted by Gasteiger charge is -2.43. The van der Waals surface area contributed by atoms with E-state index in [1.807, 2.05) is 24.3 Å². The number of nitrogens with one attached hydrogen (secondary N) is 2. The Morgan fingerprint density at radius 1 is 1.38 bits per heavy atom. The van der Waals surface area contributed by atoms with Gasteiger partial charge in [-0.15, -0.1) is 0 Å². The Labute approximate surface area is 154 Å². The molecule has 0 bridgehead atoms. The number of amides is 1. The number of carbonyl (C=O) groups excluding carboxylic acids is 1. The first-order valence-electron chi connectivity index (χ1n) is 9.20. The molecule has 1 aromatic carbocycles. The summed E-state index contributed by atoms with van der Waals surface area (Å²) in [5, 5.41) is 3.52. The number of rotatable bonds is 5. The summed E-state index contributed by atoms with van der Waals surface area (Å²) >= 11 is 0. The van der Waals surface area contributed by atoms with E-state index >= 15 is 0 Å². The molecule has 1 aliphatic heterocycles. The number of likely N-dealkylation sites (tertiary alicyclic amines) is 1. The fourth-order valence-electron chi connectivity index (χ4n) is 3.63. The van der Waals surface area contributed by atoms with Gasteiger partial charge in [0, 0.05) is 25.2 Å². The topological polar surface area (TPSA) is 96.3 Å². The van der Waals surface area contributed by atoms with Crippen LogP contribution >= 0.6 is 0 Å². The first-order chi connectivity index (χ1) is 12.3. The van der Waals surface area contributed by atoms with Crippen LogP contribution in [-0.4, -0.2) is 52.7 Å². The standard InChI is InChI=1S/C19H29N5O2/c1-19(2,3)16(12-26-17(20)25)24-10-8-13(9-11-24)21-18-22-14-6-4-5-7-15(14)23-18/h4-7,13,16H,8-12H2,1-3H3,(H2,20,25)(H2,21,22,23). The van der Waals surface area contributed by atoms with Crippen molar-refractivity contribution in [2.45, 2.75) is 45.7 Å². The summed E-state index contributed by atoms with van der Waals surface area (Å²) in [5.74, 6) is 0.828. The molecule has 1 unspecified atom stereocenters. The minimum atomic E-state index is -0.708. The third-order valence-corrected chi connectivity index (χ3v) is 5.08. The first kappa shape index (κ1) is 18.5. The number of carbonyl (C=O) groups is 1. The van der Waals surface area contributed by atoms with E-state index in [1.54, 1.807) is 0 Å². The summed E-state index contributed by atoms with van der Waals surface area (Å²) in [5.41, 5.74) is 7.18. The molecule has 0 spiro atoms. The Morgan fingerprint density at radius 3 is 2.69 bits per heavy atom. The van der Waals surface area contributed by atoms with Gasteiger partial charge < -0.3 is 20.8 Å². The maximum Gasteiger partial charge on any atom is 0.404 e. The van der Waals surface area contributed by atoms with Crippen molar-refractivity contribution in [3.63, 3.8) is 0 Å². The summed E-state index contributed by atoms with van der Waals surface area (Å²) in [4.78, 5) is 21.3. The number of fused-ring (bicyclic) bond motifs is 1. The number of hydrogen-bond acceptors (Lipinski definition) is 5. The number of para-hydroxylation sites is 2. The van der Waals surface area contributed by atoms with Crippen molar-refractivity contribution in [1.29, 1.82) is 0 Å². The number of anilines is 1. The number of piperidine rings is 1. The molecule has 4 N–H and O–H groups in total. The lowest BCUT2D eigenvalue weighted by molar-refractivity contribution is 0.0254. The molecule has 2 aromatic rings. The number of imidazole rings is 1. The van der Waals surface area contributed by atoms with Crippen molar-refractivity contribution in [3.8, 4) is 0 Å². The molecule has 1 amide bonds. The fraction of sp³-hybridized carbons (Fsp3) is 0.579. The van der Waals surface area contributed by atoms with Crippen molar-refractivity contribution in [2.75, 3.05) is 25.0 Å². The van der Waals surface area contributed by atoms with E-state index in [2.05, 4.69) is 41.0 Å². The fourth-order valence-corrected chi connectivity index (χ4v) is 3.63. The largest absolute Gasteiger partial charge is 0.448 e. The van der Waals surface area contributed by atoms with Crippen molar-refractivity contribution < 1.29 is 9.53 Å². The number of benzene rings is 1. The summed E-state index contributed by atoms with van der Waals surface area (Å²) in [7, 11) is 0. The number of ether oxygens (including phenoxy) is 1. The molecule has 3 rings (SSSR count). The zero-order valence-electron chi connectivity index (χ0n) is 15.8. The predicted molar refractivity (Wildman–Crippen MR) is 103 cm³/mol. The smallest absolute Gasteiger partial charge is 0.404 e. The average molecular weight is 359 g/mol. The predicted octanol–water partition coefficient (Wildman–Crippen LogP) is 2.95. The minimum Gasteiger partial charge on any atom is -0.448 e. The number of nitrogens with two attached hydrogens (primary N) is 1. The first-order valence-corrected chi connectivity index (χ1v) is 9.20. The molecule has 1 saturated heterocycles. The van der Waals surface area contributed by atoms with Gasteiger partial charge in [0.05, 0.1) is 11.0 Å². The number of aromatic nitrogens is 2. The number of primary amides is 1. The number of aromatic amines is 1. The third kappa shape index (κ3) is 4.46. The van der Waals surface area contributed by atoms with Crippen LogP contribution in [0.2, 0.25) is 0 Å². The van der Waals surface area contributed by atoms with Crippen LogP contribution in [0.5, 0.6) is 0 Å². The van der Waals surface area contributed by atoms with E-state index in [-0.39, 0.29) is 11.5 Å². The highest BCUT2D eigenvalue weighted by molar-refractivity contribution is 5.77. The quantitative estimate of drug-likeness (QED) is 0.763. The molecular weight excluding hydrogens is 330 g/mol. The van der Waals surface area contributed by atoms with Gasteiger partial charge in [-0.25, -0.2) is 9.78 Å².